The van der Waals surface area contributed by atoms with Gasteiger partial charge in [-0.15, -0.1) is 0 Å². The lowest BCUT2D eigenvalue weighted by Crippen LogP contribution is -2.13. The Morgan fingerprint density at radius 2 is 1.76 bits per heavy atom. The van der Waals surface area contributed by atoms with Crippen LogP contribution in [-0.4, -0.2) is 5.91 Å². The Kier molecular flexibility index (Phi) is 3.45. The van der Waals surface area contributed by atoms with Crippen LogP contribution in [0.5, 0.6) is 0 Å². The van der Waals surface area contributed by atoms with E-state index >= 15 is 0 Å². The van der Waals surface area contributed by atoms with E-state index in [0.29, 0.717) is 5.02 Å². The van der Waals surface area contributed by atoms with Crippen LogP contribution in [0.4, 0.5) is 0 Å². The zero-order chi connectivity index (χ0) is 12.3. The smallest absolute Gasteiger partial charge is 0.221 e. The molecule has 0 fully saturated rings. The van der Waals surface area contributed by atoms with Gasteiger partial charge in [-0.25, -0.2) is 0 Å². The number of hydrogen-bond donors (Lipinski definition) is 1. The minimum atomic E-state index is -0.321. The van der Waals surface area contributed by atoms with Gasteiger partial charge in [0.1, 0.15) is 0 Å². The summed E-state index contributed by atoms with van der Waals surface area (Å²) in [6, 6.07) is 15.4. The molecule has 86 valence electrons. The van der Waals surface area contributed by atoms with E-state index in [1.165, 1.54) is 0 Å². The molecule has 2 N–H and O–H groups in total. The first-order chi connectivity index (χ1) is 8.15. The molecular formula is C14H12ClNO. The van der Waals surface area contributed by atoms with Crippen LogP contribution in [0, 0.1) is 0 Å². The third kappa shape index (κ3) is 3.08. The Bertz CT molecular complexity index is 534. The van der Waals surface area contributed by atoms with Crippen molar-refractivity contribution in [1.29, 1.82) is 0 Å². The molecule has 0 bridgehead atoms. The molecule has 1 amide bonds. The minimum absolute atomic E-state index is 0.265. The number of rotatable bonds is 3. The molecule has 0 aliphatic heterocycles. The number of carbonyl (C=O) groups excluding carboxylic acids is 1. The van der Waals surface area contributed by atoms with Crippen molar-refractivity contribution >= 4 is 17.5 Å². The second-order valence-corrected chi connectivity index (χ2v) is 4.29. The summed E-state index contributed by atoms with van der Waals surface area (Å²) >= 11 is 5.84. The third-order valence-electron chi connectivity index (χ3n) is 2.48. The molecule has 0 saturated carbocycles. The van der Waals surface area contributed by atoms with Crippen LogP contribution in [0.3, 0.4) is 0 Å². The first-order valence-electron chi connectivity index (χ1n) is 5.28. The molecule has 0 aliphatic carbocycles. The van der Waals surface area contributed by atoms with Crippen LogP contribution in [0.2, 0.25) is 5.02 Å². The van der Waals surface area contributed by atoms with E-state index < -0.39 is 0 Å². The highest BCUT2D eigenvalue weighted by molar-refractivity contribution is 6.30. The van der Waals surface area contributed by atoms with Crippen LogP contribution in [0.1, 0.15) is 5.56 Å². The predicted octanol–water partition coefficient (Wildman–Crippen LogP) is 3.03. The number of amides is 1. The fraction of sp³-hybridized carbons (Fsp3) is 0.0714. The summed E-state index contributed by atoms with van der Waals surface area (Å²) in [5.74, 6) is -0.321. The fourth-order valence-corrected chi connectivity index (χ4v) is 1.83. The summed E-state index contributed by atoms with van der Waals surface area (Å²) in [5.41, 5.74) is 8.22. The molecule has 0 atom stereocenters. The van der Waals surface area contributed by atoms with Crippen molar-refractivity contribution in [3.8, 4) is 11.1 Å². The molecule has 2 aromatic rings. The highest BCUT2D eigenvalue weighted by Gasteiger charge is 2.01. The van der Waals surface area contributed by atoms with E-state index in [1.807, 2.05) is 48.5 Å². The summed E-state index contributed by atoms with van der Waals surface area (Å²) in [6.07, 6.45) is 0.265. The quantitative estimate of drug-likeness (QED) is 0.888. The Labute approximate surface area is 105 Å². The van der Waals surface area contributed by atoms with Crippen LogP contribution in [-0.2, 0) is 11.2 Å². The number of primary amides is 1. The molecule has 2 rings (SSSR count). The predicted molar refractivity (Wildman–Crippen MR) is 69.8 cm³/mol. The molecule has 2 nitrogen and oxygen atoms in total. The first-order valence-corrected chi connectivity index (χ1v) is 5.66. The number of carbonyl (C=O) groups is 1. The Hall–Kier alpha value is -1.80. The van der Waals surface area contributed by atoms with Crippen molar-refractivity contribution in [2.75, 3.05) is 0 Å². The lowest BCUT2D eigenvalue weighted by Gasteiger charge is -2.04. The van der Waals surface area contributed by atoms with Gasteiger partial charge in [0.2, 0.25) is 5.91 Å². The zero-order valence-corrected chi connectivity index (χ0v) is 9.95. The topological polar surface area (TPSA) is 43.1 Å². The number of benzene rings is 2. The normalized spacial score (nSPS) is 10.2. The van der Waals surface area contributed by atoms with Crippen molar-refractivity contribution in [3.05, 3.63) is 59.1 Å². The maximum absolute atomic E-state index is 10.9. The summed E-state index contributed by atoms with van der Waals surface area (Å²) in [5, 5.41) is 0.710. The molecule has 0 saturated heterocycles. The maximum atomic E-state index is 10.9. The monoisotopic (exact) mass is 245 g/mol. The van der Waals surface area contributed by atoms with Gasteiger partial charge in [0, 0.05) is 5.02 Å². The van der Waals surface area contributed by atoms with Crippen molar-refractivity contribution < 1.29 is 4.79 Å². The largest absolute Gasteiger partial charge is 0.369 e. The van der Waals surface area contributed by atoms with Gasteiger partial charge in [-0.3, -0.25) is 4.79 Å². The van der Waals surface area contributed by atoms with Crippen molar-refractivity contribution in [2.24, 2.45) is 5.73 Å². The zero-order valence-electron chi connectivity index (χ0n) is 9.19. The summed E-state index contributed by atoms with van der Waals surface area (Å²) in [4.78, 5) is 10.9. The SMILES string of the molecule is NC(=O)Cc1cccc(-c2ccc(Cl)cc2)c1. The fourth-order valence-electron chi connectivity index (χ4n) is 1.70. The van der Waals surface area contributed by atoms with E-state index in [0.717, 1.165) is 16.7 Å². The maximum Gasteiger partial charge on any atom is 0.221 e. The van der Waals surface area contributed by atoms with E-state index in [1.54, 1.807) is 0 Å². The van der Waals surface area contributed by atoms with Crippen LogP contribution >= 0.6 is 11.6 Å². The van der Waals surface area contributed by atoms with Gasteiger partial charge >= 0.3 is 0 Å². The molecule has 17 heavy (non-hydrogen) atoms. The minimum Gasteiger partial charge on any atom is -0.369 e. The molecule has 0 unspecified atom stereocenters. The van der Waals surface area contributed by atoms with Crippen LogP contribution in [0.25, 0.3) is 11.1 Å². The van der Waals surface area contributed by atoms with Gasteiger partial charge in [-0.2, -0.15) is 0 Å². The molecule has 3 heteroatoms. The van der Waals surface area contributed by atoms with Crippen LogP contribution < -0.4 is 5.73 Å². The van der Waals surface area contributed by atoms with E-state index in [9.17, 15) is 4.79 Å². The second kappa shape index (κ2) is 5.02. The average molecular weight is 246 g/mol. The van der Waals surface area contributed by atoms with Crippen molar-refractivity contribution in [2.45, 2.75) is 6.42 Å². The molecule has 0 spiro atoms. The van der Waals surface area contributed by atoms with E-state index in [-0.39, 0.29) is 12.3 Å². The van der Waals surface area contributed by atoms with Crippen molar-refractivity contribution in [1.82, 2.24) is 0 Å². The number of hydrogen-bond acceptors (Lipinski definition) is 1. The number of halogens is 1. The summed E-state index contributed by atoms with van der Waals surface area (Å²) in [7, 11) is 0. The Morgan fingerprint density at radius 1 is 1.06 bits per heavy atom. The highest BCUT2D eigenvalue weighted by atomic mass is 35.5. The van der Waals surface area contributed by atoms with E-state index in [2.05, 4.69) is 0 Å². The molecule has 0 aliphatic rings. The molecule has 0 heterocycles. The molecular weight excluding hydrogens is 234 g/mol. The molecule has 0 aromatic heterocycles. The van der Waals surface area contributed by atoms with Crippen molar-refractivity contribution in [3.63, 3.8) is 0 Å². The second-order valence-electron chi connectivity index (χ2n) is 3.85. The Morgan fingerprint density at radius 3 is 2.41 bits per heavy atom. The summed E-state index contributed by atoms with van der Waals surface area (Å²) in [6.45, 7) is 0. The van der Waals surface area contributed by atoms with Gasteiger partial charge in [0.05, 0.1) is 6.42 Å². The third-order valence-corrected chi connectivity index (χ3v) is 2.73. The lowest BCUT2D eigenvalue weighted by atomic mass is 10.0. The summed E-state index contributed by atoms with van der Waals surface area (Å²) < 4.78 is 0. The van der Waals surface area contributed by atoms with Gasteiger partial charge in [0.25, 0.3) is 0 Å². The number of nitrogens with two attached hydrogens (primary N) is 1. The van der Waals surface area contributed by atoms with E-state index in [4.69, 9.17) is 17.3 Å². The van der Waals surface area contributed by atoms with Gasteiger partial charge < -0.3 is 5.73 Å². The lowest BCUT2D eigenvalue weighted by molar-refractivity contribution is -0.117. The highest BCUT2D eigenvalue weighted by Crippen LogP contribution is 2.22. The average Bonchev–Trinajstić information content (AvgIpc) is 2.29. The molecule has 2 aromatic carbocycles. The standard InChI is InChI=1S/C14H12ClNO/c15-13-6-4-11(5-7-13)12-3-1-2-10(8-12)9-14(16)17/h1-8H,9H2,(H2,16,17). The van der Waals surface area contributed by atoms with Crippen LogP contribution in [0.15, 0.2) is 48.5 Å². The van der Waals surface area contributed by atoms with Gasteiger partial charge in [-0.05, 0) is 28.8 Å². The first kappa shape index (κ1) is 11.7. The van der Waals surface area contributed by atoms with Gasteiger partial charge in [-0.1, -0.05) is 48.0 Å². The molecule has 0 radical (unpaired) electrons. The van der Waals surface area contributed by atoms with Gasteiger partial charge in [0.15, 0.2) is 0 Å². The Balaban J connectivity index is 2.32.